The normalized spacial score (nSPS) is 32.1. The van der Waals surface area contributed by atoms with Gasteiger partial charge in [0.2, 0.25) is 0 Å². The van der Waals surface area contributed by atoms with Crippen LogP contribution < -0.4 is 0 Å². The minimum absolute atomic E-state index is 0.228. The van der Waals surface area contributed by atoms with E-state index in [-0.39, 0.29) is 5.92 Å². The zero-order valence-corrected chi connectivity index (χ0v) is 11.7. The van der Waals surface area contributed by atoms with Gasteiger partial charge in [0.25, 0.3) is 0 Å². The molecular weight excluding hydrogens is 228 g/mol. The Labute approximate surface area is 110 Å². The third-order valence-electron chi connectivity index (χ3n) is 4.56. The number of Topliss-reactive ketones (excluding diaryl/α,β-unsaturated/α-hetero) is 1. The van der Waals surface area contributed by atoms with Gasteiger partial charge in [0.05, 0.1) is 0 Å². The van der Waals surface area contributed by atoms with Crippen LogP contribution in [0.15, 0.2) is 0 Å². The molecule has 2 fully saturated rings. The van der Waals surface area contributed by atoms with Crippen molar-refractivity contribution in [1.29, 1.82) is 0 Å². The molecule has 1 saturated heterocycles. The van der Waals surface area contributed by atoms with E-state index < -0.39 is 5.60 Å². The van der Waals surface area contributed by atoms with E-state index in [2.05, 4.69) is 6.92 Å². The van der Waals surface area contributed by atoms with E-state index in [4.69, 9.17) is 9.47 Å². The van der Waals surface area contributed by atoms with Crippen LogP contribution in [0.2, 0.25) is 0 Å². The van der Waals surface area contributed by atoms with Crippen LogP contribution >= 0.6 is 0 Å². The first-order chi connectivity index (χ1) is 8.68. The van der Waals surface area contributed by atoms with Gasteiger partial charge in [-0.1, -0.05) is 19.8 Å². The number of rotatable bonds is 4. The molecule has 2 rings (SSSR count). The summed E-state index contributed by atoms with van der Waals surface area (Å²) in [6, 6.07) is 0. The van der Waals surface area contributed by atoms with Crippen molar-refractivity contribution in [2.75, 3.05) is 19.8 Å². The fourth-order valence-corrected chi connectivity index (χ4v) is 3.33. The standard InChI is InChI=1S/C15H26O3/c1-3-18-15(8-10-17-11-9-15)14(16)13-6-4-12(2)5-7-13/h12-13H,3-11H2,1-2H3. The lowest BCUT2D eigenvalue weighted by molar-refractivity contribution is -0.162. The third kappa shape index (κ3) is 2.94. The van der Waals surface area contributed by atoms with Gasteiger partial charge in [-0.2, -0.15) is 0 Å². The molecule has 3 nitrogen and oxygen atoms in total. The van der Waals surface area contributed by atoms with Crippen molar-refractivity contribution in [2.45, 2.75) is 58.0 Å². The number of ether oxygens (including phenoxy) is 2. The van der Waals surface area contributed by atoms with Crippen LogP contribution in [-0.2, 0) is 14.3 Å². The first-order valence-corrected chi connectivity index (χ1v) is 7.44. The summed E-state index contributed by atoms with van der Waals surface area (Å²) < 4.78 is 11.3. The Morgan fingerprint density at radius 1 is 1.22 bits per heavy atom. The van der Waals surface area contributed by atoms with Crippen LogP contribution in [-0.4, -0.2) is 31.2 Å². The van der Waals surface area contributed by atoms with E-state index in [1.165, 1.54) is 12.8 Å². The van der Waals surface area contributed by atoms with Crippen molar-refractivity contribution in [1.82, 2.24) is 0 Å². The van der Waals surface area contributed by atoms with Crippen LogP contribution in [0.5, 0.6) is 0 Å². The van der Waals surface area contributed by atoms with E-state index >= 15 is 0 Å². The number of carbonyl (C=O) groups is 1. The number of hydrogen-bond acceptors (Lipinski definition) is 3. The first kappa shape index (κ1) is 14.0. The second-order valence-corrected chi connectivity index (χ2v) is 5.86. The van der Waals surface area contributed by atoms with Gasteiger partial charge in [-0.05, 0) is 25.7 Å². The highest BCUT2D eigenvalue weighted by Crippen LogP contribution is 2.36. The monoisotopic (exact) mass is 254 g/mol. The molecule has 0 atom stereocenters. The summed E-state index contributed by atoms with van der Waals surface area (Å²) in [6.45, 7) is 6.21. The fourth-order valence-electron chi connectivity index (χ4n) is 3.33. The van der Waals surface area contributed by atoms with Crippen molar-refractivity contribution in [2.24, 2.45) is 11.8 Å². The topological polar surface area (TPSA) is 35.5 Å². The molecule has 104 valence electrons. The quantitative estimate of drug-likeness (QED) is 0.773. The van der Waals surface area contributed by atoms with E-state index in [1.807, 2.05) is 6.92 Å². The highest BCUT2D eigenvalue weighted by Gasteiger charge is 2.44. The Bertz CT molecular complexity index is 268. The summed E-state index contributed by atoms with van der Waals surface area (Å²) in [5, 5.41) is 0. The maximum atomic E-state index is 12.8. The highest BCUT2D eigenvalue weighted by atomic mass is 16.5. The van der Waals surface area contributed by atoms with Gasteiger partial charge in [-0.15, -0.1) is 0 Å². The van der Waals surface area contributed by atoms with E-state index in [9.17, 15) is 4.79 Å². The van der Waals surface area contributed by atoms with E-state index in [1.54, 1.807) is 0 Å². The largest absolute Gasteiger partial charge is 0.381 e. The summed E-state index contributed by atoms with van der Waals surface area (Å²) >= 11 is 0. The molecular formula is C15H26O3. The number of hydrogen-bond donors (Lipinski definition) is 0. The molecule has 0 radical (unpaired) electrons. The lowest BCUT2D eigenvalue weighted by Crippen LogP contribution is -2.49. The summed E-state index contributed by atoms with van der Waals surface area (Å²) in [4.78, 5) is 12.8. The predicted molar refractivity (Wildman–Crippen MR) is 70.5 cm³/mol. The molecule has 1 aliphatic carbocycles. The molecule has 0 amide bonds. The van der Waals surface area contributed by atoms with Gasteiger partial charge in [0.15, 0.2) is 5.78 Å². The van der Waals surface area contributed by atoms with Crippen molar-refractivity contribution in [3.63, 3.8) is 0 Å². The summed E-state index contributed by atoms with van der Waals surface area (Å²) in [7, 11) is 0. The fraction of sp³-hybridized carbons (Fsp3) is 0.933. The lowest BCUT2D eigenvalue weighted by Gasteiger charge is -2.39. The lowest BCUT2D eigenvalue weighted by atomic mass is 9.74. The maximum Gasteiger partial charge on any atom is 0.167 e. The van der Waals surface area contributed by atoms with Gasteiger partial charge < -0.3 is 9.47 Å². The predicted octanol–water partition coefficient (Wildman–Crippen LogP) is 2.97. The van der Waals surface area contributed by atoms with E-state index in [0.29, 0.717) is 25.6 Å². The molecule has 0 unspecified atom stereocenters. The van der Waals surface area contributed by atoms with Crippen LogP contribution in [0, 0.1) is 11.8 Å². The SMILES string of the molecule is CCOC1(C(=O)C2CCC(C)CC2)CCOCC1. The van der Waals surface area contributed by atoms with Crippen LogP contribution in [0.4, 0.5) is 0 Å². The Hall–Kier alpha value is -0.410. The molecule has 0 aromatic rings. The summed E-state index contributed by atoms with van der Waals surface area (Å²) in [5.74, 6) is 1.37. The molecule has 18 heavy (non-hydrogen) atoms. The molecule has 1 heterocycles. The summed E-state index contributed by atoms with van der Waals surface area (Å²) in [6.07, 6.45) is 5.97. The third-order valence-corrected chi connectivity index (χ3v) is 4.56. The van der Waals surface area contributed by atoms with Gasteiger partial charge >= 0.3 is 0 Å². The molecule has 0 aromatic carbocycles. The smallest absolute Gasteiger partial charge is 0.167 e. The minimum Gasteiger partial charge on any atom is -0.381 e. The minimum atomic E-state index is -0.530. The molecule has 0 N–H and O–H groups in total. The van der Waals surface area contributed by atoms with Crippen molar-refractivity contribution in [3.8, 4) is 0 Å². The van der Waals surface area contributed by atoms with Crippen molar-refractivity contribution >= 4 is 5.78 Å². The molecule has 0 bridgehead atoms. The molecule has 1 aliphatic heterocycles. The zero-order valence-electron chi connectivity index (χ0n) is 11.7. The molecule has 1 saturated carbocycles. The molecule has 3 heteroatoms. The average Bonchev–Trinajstić information content (AvgIpc) is 2.40. The van der Waals surface area contributed by atoms with Crippen LogP contribution in [0.25, 0.3) is 0 Å². The van der Waals surface area contributed by atoms with E-state index in [0.717, 1.165) is 31.6 Å². The number of ketones is 1. The molecule has 0 spiro atoms. The van der Waals surface area contributed by atoms with Gasteiger partial charge in [-0.3, -0.25) is 4.79 Å². The van der Waals surface area contributed by atoms with Crippen LogP contribution in [0.1, 0.15) is 52.4 Å². The Balaban J connectivity index is 2.03. The Morgan fingerprint density at radius 2 is 1.83 bits per heavy atom. The average molecular weight is 254 g/mol. The van der Waals surface area contributed by atoms with Crippen LogP contribution in [0.3, 0.4) is 0 Å². The first-order valence-electron chi connectivity index (χ1n) is 7.44. The second-order valence-electron chi connectivity index (χ2n) is 5.86. The second kappa shape index (κ2) is 6.16. The van der Waals surface area contributed by atoms with Crippen molar-refractivity contribution in [3.05, 3.63) is 0 Å². The Kier molecular flexibility index (Phi) is 4.79. The molecule has 0 aromatic heterocycles. The number of carbonyl (C=O) groups excluding carboxylic acids is 1. The van der Waals surface area contributed by atoms with Gasteiger partial charge in [0.1, 0.15) is 5.60 Å². The van der Waals surface area contributed by atoms with Gasteiger partial charge in [-0.25, -0.2) is 0 Å². The maximum absolute atomic E-state index is 12.8. The molecule has 2 aliphatic rings. The highest BCUT2D eigenvalue weighted by molar-refractivity contribution is 5.89. The zero-order chi connectivity index (χ0) is 13.0. The van der Waals surface area contributed by atoms with Gasteiger partial charge in [0, 0.05) is 38.6 Å². The summed E-state index contributed by atoms with van der Waals surface area (Å²) in [5.41, 5.74) is -0.530. The van der Waals surface area contributed by atoms with Crippen molar-refractivity contribution < 1.29 is 14.3 Å². The Morgan fingerprint density at radius 3 is 2.39 bits per heavy atom.